The van der Waals surface area contributed by atoms with Crippen LogP contribution in [0.3, 0.4) is 0 Å². The number of carbonyl (C=O) groups is 1. The molecule has 0 spiro atoms. The molecule has 80 valence electrons. The van der Waals surface area contributed by atoms with Crippen molar-refractivity contribution in [2.45, 2.75) is 27.3 Å². The van der Waals surface area contributed by atoms with Gasteiger partial charge >= 0.3 is 0 Å². The summed E-state index contributed by atoms with van der Waals surface area (Å²) in [5.41, 5.74) is 0. The quantitative estimate of drug-likeness (QED) is 0.614. The van der Waals surface area contributed by atoms with E-state index in [9.17, 15) is 0 Å². The molecule has 0 aliphatic rings. The number of imidazole rings is 1. The molecule has 4 nitrogen and oxygen atoms in total. The first-order valence-electron chi connectivity index (χ1n) is 4.60. The van der Waals surface area contributed by atoms with Crippen molar-refractivity contribution in [3.8, 4) is 0 Å². The van der Waals surface area contributed by atoms with Gasteiger partial charge in [-0.2, -0.15) is 0 Å². The van der Waals surface area contributed by atoms with Gasteiger partial charge in [0.2, 0.25) is 6.33 Å². The number of carboxylic acids is 1. The summed E-state index contributed by atoms with van der Waals surface area (Å²) in [5, 5.41) is 8.89. The van der Waals surface area contributed by atoms with Crippen LogP contribution in [0.5, 0.6) is 0 Å². The van der Waals surface area contributed by atoms with E-state index >= 15 is 0 Å². The highest BCUT2D eigenvalue weighted by atomic mass is 16.4. The molecule has 0 unspecified atom stereocenters. The number of aromatic nitrogens is 2. The topological polar surface area (TPSA) is 48.9 Å². The van der Waals surface area contributed by atoms with Gasteiger partial charge < -0.3 is 9.90 Å². The third-order valence-electron chi connectivity index (χ3n) is 1.40. The Morgan fingerprint density at radius 1 is 1.57 bits per heavy atom. The third kappa shape index (κ3) is 7.34. The SMILES string of the molecule is CC(=O)[O-].CC(C)Cn1cc[n+](C)c1. The Bertz CT molecular complexity index is 275. The zero-order valence-corrected chi connectivity index (χ0v) is 9.23. The average Bonchev–Trinajstić information content (AvgIpc) is 2.32. The molecule has 0 aliphatic heterocycles. The van der Waals surface area contributed by atoms with Crippen molar-refractivity contribution in [2.75, 3.05) is 0 Å². The lowest BCUT2D eigenvalue weighted by molar-refractivity contribution is -0.671. The summed E-state index contributed by atoms with van der Waals surface area (Å²) in [6.07, 6.45) is 6.25. The largest absolute Gasteiger partial charge is 0.550 e. The predicted molar refractivity (Wildman–Crippen MR) is 51.1 cm³/mol. The Hall–Kier alpha value is -1.32. The normalized spacial score (nSPS) is 9.50. The summed E-state index contributed by atoms with van der Waals surface area (Å²) in [4.78, 5) is 8.89. The monoisotopic (exact) mass is 198 g/mol. The van der Waals surface area contributed by atoms with E-state index in [1.807, 2.05) is 7.05 Å². The maximum Gasteiger partial charge on any atom is 0.243 e. The first kappa shape index (κ1) is 12.7. The second-order valence-corrected chi connectivity index (χ2v) is 3.66. The van der Waals surface area contributed by atoms with E-state index in [0.29, 0.717) is 0 Å². The molecule has 0 fully saturated rings. The number of aryl methyl sites for hydroxylation is 1. The molecule has 0 saturated heterocycles. The summed E-state index contributed by atoms with van der Waals surface area (Å²) < 4.78 is 4.26. The smallest absolute Gasteiger partial charge is 0.243 e. The van der Waals surface area contributed by atoms with Gasteiger partial charge in [0.25, 0.3) is 0 Å². The maximum atomic E-state index is 8.89. The van der Waals surface area contributed by atoms with Crippen LogP contribution in [0.1, 0.15) is 20.8 Å². The fourth-order valence-corrected chi connectivity index (χ4v) is 1.03. The van der Waals surface area contributed by atoms with Gasteiger partial charge in [-0.1, -0.05) is 13.8 Å². The standard InChI is InChI=1S/C8H15N2.C2H4O2/c1-8(2)6-10-5-4-9(3)7-10;1-2(3)4/h4-5,7-8H,6H2,1-3H3;1H3,(H,3,4)/q+1;/p-1. The highest BCUT2D eigenvalue weighted by Crippen LogP contribution is 1.95. The van der Waals surface area contributed by atoms with Gasteiger partial charge in [0.15, 0.2) is 0 Å². The lowest BCUT2D eigenvalue weighted by Gasteiger charge is -1.97. The van der Waals surface area contributed by atoms with E-state index in [1.54, 1.807) is 0 Å². The van der Waals surface area contributed by atoms with E-state index in [0.717, 1.165) is 19.4 Å². The van der Waals surface area contributed by atoms with Crippen LogP contribution in [0.25, 0.3) is 0 Å². The van der Waals surface area contributed by atoms with Crippen molar-refractivity contribution >= 4 is 5.97 Å². The molecule has 0 aromatic carbocycles. The van der Waals surface area contributed by atoms with Gasteiger partial charge in [0.1, 0.15) is 12.4 Å². The predicted octanol–water partition coefficient (Wildman–Crippen LogP) is -0.275. The molecular weight excluding hydrogens is 180 g/mol. The maximum absolute atomic E-state index is 8.89. The lowest BCUT2D eigenvalue weighted by Crippen LogP contribution is -2.24. The van der Waals surface area contributed by atoms with Gasteiger partial charge in [-0.15, -0.1) is 0 Å². The van der Waals surface area contributed by atoms with Crippen molar-refractivity contribution in [3.05, 3.63) is 18.7 Å². The van der Waals surface area contributed by atoms with Gasteiger partial charge in [-0.3, -0.25) is 0 Å². The highest BCUT2D eigenvalue weighted by Gasteiger charge is 2.01. The Labute approximate surface area is 84.8 Å². The fraction of sp³-hybridized carbons (Fsp3) is 0.600. The summed E-state index contributed by atoms with van der Waals surface area (Å²) in [6.45, 7) is 6.53. The molecule has 1 aromatic rings. The van der Waals surface area contributed by atoms with E-state index < -0.39 is 5.97 Å². The second kappa shape index (κ2) is 6.18. The summed E-state index contributed by atoms with van der Waals surface area (Å²) in [7, 11) is 2.04. The number of aliphatic carboxylic acids is 1. The summed E-state index contributed by atoms with van der Waals surface area (Å²) in [6, 6.07) is 0. The Balaban J connectivity index is 0.000000364. The highest BCUT2D eigenvalue weighted by molar-refractivity contribution is 5.60. The molecule has 0 saturated carbocycles. The molecule has 14 heavy (non-hydrogen) atoms. The molecule has 0 aliphatic carbocycles. The lowest BCUT2D eigenvalue weighted by atomic mass is 10.2. The van der Waals surface area contributed by atoms with E-state index in [1.165, 1.54) is 0 Å². The molecule has 4 heteroatoms. The van der Waals surface area contributed by atoms with Crippen LogP contribution in [0, 0.1) is 5.92 Å². The van der Waals surface area contributed by atoms with Crippen molar-refractivity contribution in [2.24, 2.45) is 13.0 Å². The van der Waals surface area contributed by atoms with E-state index in [-0.39, 0.29) is 0 Å². The molecular formula is C10H18N2O2. The third-order valence-corrected chi connectivity index (χ3v) is 1.40. The van der Waals surface area contributed by atoms with Crippen molar-refractivity contribution in [1.82, 2.24) is 4.57 Å². The van der Waals surface area contributed by atoms with Gasteiger partial charge in [-0.05, 0) is 12.8 Å². The minimum absolute atomic E-state index is 0.729. The number of carbonyl (C=O) groups excluding carboxylic acids is 1. The Kier molecular flexibility index (Phi) is 5.60. The second-order valence-electron chi connectivity index (χ2n) is 3.66. The zero-order chi connectivity index (χ0) is 11.1. The average molecular weight is 198 g/mol. The van der Waals surface area contributed by atoms with Crippen LogP contribution >= 0.6 is 0 Å². The summed E-state index contributed by atoms with van der Waals surface area (Å²) in [5.74, 6) is -0.354. The Morgan fingerprint density at radius 3 is 2.36 bits per heavy atom. The van der Waals surface area contributed by atoms with Crippen molar-refractivity contribution in [3.63, 3.8) is 0 Å². The van der Waals surface area contributed by atoms with Crippen molar-refractivity contribution < 1.29 is 14.5 Å². The Morgan fingerprint density at radius 2 is 2.07 bits per heavy atom. The molecule has 1 aromatic heterocycles. The van der Waals surface area contributed by atoms with Crippen molar-refractivity contribution in [1.29, 1.82) is 0 Å². The molecule has 0 N–H and O–H groups in total. The fourth-order valence-electron chi connectivity index (χ4n) is 1.03. The van der Waals surface area contributed by atoms with Crippen LogP contribution in [-0.2, 0) is 18.4 Å². The number of carboxylic acid groups (broad SMARTS) is 1. The molecule has 1 heterocycles. The first-order chi connectivity index (χ1) is 6.41. The number of nitrogens with zero attached hydrogens (tertiary/aromatic N) is 2. The minimum Gasteiger partial charge on any atom is -0.550 e. The summed E-state index contributed by atoms with van der Waals surface area (Å²) >= 11 is 0. The van der Waals surface area contributed by atoms with E-state index in [4.69, 9.17) is 9.90 Å². The van der Waals surface area contributed by atoms with Crippen LogP contribution in [-0.4, -0.2) is 10.5 Å². The van der Waals surface area contributed by atoms with E-state index in [2.05, 4.69) is 41.7 Å². The van der Waals surface area contributed by atoms with Crippen LogP contribution < -0.4 is 9.67 Å². The number of hydrogen-bond acceptors (Lipinski definition) is 2. The molecule has 0 amide bonds. The van der Waals surface area contributed by atoms with Gasteiger partial charge in [0, 0.05) is 5.97 Å². The molecule has 0 atom stereocenters. The molecule has 0 radical (unpaired) electrons. The van der Waals surface area contributed by atoms with Crippen LogP contribution in [0.15, 0.2) is 18.7 Å². The molecule has 0 bridgehead atoms. The minimum atomic E-state index is -1.08. The first-order valence-corrected chi connectivity index (χ1v) is 4.60. The number of rotatable bonds is 2. The number of hydrogen-bond donors (Lipinski definition) is 0. The van der Waals surface area contributed by atoms with Crippen LogP contribution in [0.2, 0.25) is 0 Å². The van der Waals surface area contributed by atoms with Gasteiger partial charge in [0.05, 0.1) is 13.6 Å². The van der Waals surface area contributed by atoms with Crippen LogP contribution in [0.4, 0.5) is 0 Å². The van der Waals surface area contributed by atoms with Gasteiger partial charge in [-0.25, -0.2) is 9.13 Å². The zero-order valence-electron chi connectivity index (χ0n) is 9.23. The molecule has 1 rings (SSSR count).